The van der Waals surface area contributed by atoms with Gasteiger partial charge in [-0.15, -0.1) is 34.5 Å². The molecule has 0 saturated carbocycles. The first kappa shape index (κ1) is 23.2. The van der Waals surface area contributed by atoms with Crippen LogP contribution in [0.4, 0.5) is 0 Å². The van der Waals surface area contributed by atoms with Crippen LogP contribution >= 0.6 is 0 Å². The van der Waals surface area contributed by atoms with Gasteiger partial charge in [-0.05, 0) is 30.4 Å². The van der Waals surface area contributed by atoms with Crippen LogP contribution in [0, 0.1) is 0 Å². The second kappa shape index (κ2) is 12.5. The van der Waals surface area contributed by atoms with E-state index in [4.69, 9.17) is 0 Å². The van der Waals surface area contributed by atoms with Gasteiger partial charge in [0.1, 0.15) is 0 Å². The quantitative estimate of drug-likeness (QED) is 0.203. The van der Waals surface area contributed by atoms with Gasteiger partial charge in [0.05, 0.1) is 0 Å². The largest absolute Gasteiger partial charge is 0.164 e. The molecule has 0 heterocycles. The normalized spacial score (nSPS) is 10.9. The third kappa shape index (κ3) is 6.48. The molecule has 0 atom stereocenters. The topological polar surface area (TPSA) is 0 Å². The fraction of sp³-hybridized carbons (Fsp3) is 0.444. The number of fused-ring (bicyclic) bond motifs is 1. The van der Waals surface area contributed by atoms with Gasteiger partial charge in [-0.2, -0.15) is 6.07 Å². The molecule has 0 aliphatic carbocycles. The van der Waals surface area contributed by atoms with E-state index in [1.165, 1.54) is 97.2 Å². The second-order valence-electron chi connectivity index (χ2n) is 7.99. The van der Waals surface area contributed by atoms with E-state index in [2.05, 4.69) is 68.4 Å². The van der Waals surface area contributed by atoms with Crippen LogP contribution in [0.1, 0.15) is 76.3 Å². The summed E-state index contributed by atoms with van der Waals surface area (Å²) in [7, 11) is 0. The predicted molar refractivity (Wildman–Crippen MR) is 121 cm³/mol. The summed E-state index contributed by atoms with van der Waals surface area (Å²) in [4.78, 5) is 0. The van der Waals surface area contributed by atoms with Gasteiger partial charge >= 0.3 is 0 Å². The van der Waals surface area contributed by atoms with E-state index in [9.17, 15) is 0 Å². The van der Waals surface area contributed by atoms with Gasteiger partial charge in [0, 0.05) is 26.2 Å². The Kier molecular flexibility index (Phi) is 10.4. The van der Waals surface area contributed by atoms with Crippen molar-refractivity contribution >= 4 is 10.8 Å². The van der Waals surface area contributed by atoms with Crippen molar-refractivity contribution in [2.24, 2.45) is 0 Å². The molecule has 0 aromatic heterocycles. The van der Waals surface area contributed by atoms with Gasteiger partial charge in [0.2, 0.25) is 0 Å². The SMILES string of the molecule is CCCCCCc1ccc(-c2cccc3[cH-]c(CCCCCC)cc23)cc1.[Zr]. The van der Waals surface area contributed by atoms with Gasteiger partial charge in [-0.25, -0.2) is 0 Å². The number of benzene rings is 2. The van der Waals surface area contributed by atoms with Crippen molar-refractivity contribution in [2.45, 2.75) is 78.1 Å². The van der Waals surface area contributed by atoms with Crippen LogP contribution in [0.5, 0.6) is 0 Å². The number of hydrogen-bond donors (Lipinski definition) is 0. The first-order chi connectivity index (χ1) is 13.3. The molecular weight excluding hydrogens is 416 g/mol. The Morgan fingerprint density at radius 2 is 1.39 bits per heavy atom. The molecule has 148 valence electrons. The van der Waals surface area contributed by atoms with Crippen molar-refractivity contribution in [2.75, 3.05) is 0 Å². The maximum atomic E-state index is 2.43. The Balaban J connectivity index is 0.00000280. The maximum absolute atomic E-state index is 2.43. The molecule has 0 fully saturated rings. The zero-order valence-corrected chi connectivity index (χ0v) is 20.2. The van der Waals surface area contributed by atoms with Crippen LogP contribution < -0.4 is 0 Å². The monoisotopic (exact) mass is 449 g/mol. The molecule has 0 amide bonds. The minimum absolute atomic E-state index is 0. The fourth-order valence-corrected chi connectivity index (χ4v) is 4.06. The van der Waals surface area contributed by atoms with E-state index in [1.54, 1.807) is 0 Å². The number of rotatable bonds is 11. The van der Waals surface area contributed by atoms with Crippen LogP contribution in [0.15, 0.2) is 54.6 Å². The summed E-state index contributed by atoms with van der Waals surface area (Å²) in [6, 6.07) is 20.9. The molecule has 0 saturated heterocycles. The van der Waals surface area contributed by atoms with E-state index in [1.807, 2.05) is 0 Å². The van der Waals surface area contributed by atoms with Gasteiger partial charge in [0.25, 0.3) is 0 Å². The standard InChI is InChI=1S/C27H35.Zr/c1-3-5-7-9-12-22-16-18-24(19-17-22)26-15-11-14-25-20-23(21-27(25)26)13-10-8-6-4-2;/h11,14-21H,3-10,12-13H2,1-2H3;/q-1;. The molecule has 0 aliphatic rings. The molecule has 0 spiro atoms. The predicted octanol–water partition coefficient (Wildman–Crippen LogP) is 8.47. The third-order valence-corrected chi connectivity index (χ3v) is 5.71. The van der Waals surface area contributed by atoms with E-state index >= 15 is 0 Å². The Morgan fingerprint density at radius 1 is 0.714 bits per heavy atom. The molecule has 3 rings (SSSR count). The zero-order chi connectivity index (χ0) is 18.9. The smallest absolute Gasteiger partial charge is 0 e. The Hall–Kier alpha value is -1.07. The molecular formula is C27H35Zr-. The summed E-state index contributed by atoms with van der Waals surface area (Å²) in [6.45, 7) is 4.55. The van der Waals surface area contributed by atoms with E-state index < -0.39 is 0 Å². The van der Waals surface area contributed by atoms with Crippen molar-refractivity contribution in [3.05, 3.63) is 65.7 Å². The van der Waals surface area contributed by atoms with Crippen molar-refractivity contribution in [3.63, 3.8) is 0 Å². The van der Waals surface area contributed by atoms with Gasteiger partial charge < -0.3 is 0 Å². The Bertz CT molecular complexity index is 810. The molecule has 0 nitrogen and oxygen atoms in total. The molecule has 0 radical (unpaired) electrons. The van der Waals surface area contributed by atoms with Gasteiger partial charge in [-0.3, -0.25) is 0 Å². The maximum Gasteiger partial charge on any atom is 0 e. The van der Waals surface area contributed by atoms with E-state index in [0.717, 1.165) is 0 Å². The van der Waals surface area contributed by atoms with Crippen molar-refractivity contribution in [3.8, 4) is 11.1 Å². The minimum atomic E-state index is 0. The van der Waals surface area contributed by atoms with E-state index in [-0.39, 0.29) is 26.2 Å². The van der Waals surface area contributed by atoms with Crippen LogP contribution in [0.3, 0.4) is 0 Å². The molecule has 3 aromatic carbocycles. The van der Waals surface area contributed by atoms with Crippen molar-refractivity contribution in [1.82, 2.24) is 0 Å². The summed E-state index contributed by atoms with van der Waals surface area (Å²) < 4.78 is 0. The number of aryl methyl sites for hydroxylation is 2. The molecule has 0 N–H and O–H groups in total. The molecule has 1 heteroatoms. The Labute approximate surface area is 191 Å². The van der Waals surface area contributed by atoms with Crippen LogP contribution in [0.2, 0.25) is 0 Å². The average Bonchev–Trinajstić information content (AvgIpc) is 3.12. The number of unbranched alkanes of at least 4 members (excludes halogenated alkanes) is 6. The summed E-state index contributed by atoms with van der Waals surface area (Å²) in [5.41, 5.74) is 5.70. The Morgan fingerprint density at radius 3 is 2.07 bits per heavy atom. The number of hydrogen-bond acceptors (Lipinski definition) is 0. The molecule has 0 aliphatic heterocycles. The summed E-state index contributed by atoms with van der Waals surface area (Å²) in [5.74, 6) is 0. The van der Waals surface area contributed by atoms with Crippen LogP contribution in [0.25, 0.3) is 21.9 Å². The molecule has 0 unspecified atom stereocenters. The van der Waals surface area contributed by atoms with Crippen LogP contribution in [-0.4, -0.2) is 0 Å². The average molecular weight is 451 g/mol. The van der Waals surface area contributed by atoms with Gasteiger partial charge in [0.15, 0.2) is 0 Å². The van der Waals surface area contributed by atoms with Crippen molar-refractivity contribution < 1.29 is 26.2 Å². The second-order valence-corrected chi connectivity index (χ2v) is 7.99. The third-order valence-electron chi connectivity index (χ3n) is 5.71. The molecule has 28 heavy (non-hydrogen) atoms. The summed E-state index contributed by atoms with van der Waals surface area (Å²) in [6.07, 6.45) is 13.1. The first-order valence-electron chi connectivity index (χ1n) is 11.1. The first-order valence-corrected chi connectivity index (χ1v) is 11.1. The fourth-order valence-electron chi connectivity index (χ4n) is 4.06. The molecule has 3 aromatic rings. The summed E-state index contributed by atoms with van der Waals surface area (Å²) >= 11 is 0. The van der Waals surface area contributed by atoms with Gasteiger partial charge in [-0.1, -0.05) is 94.7 Å². The van der Waals surface area contributed by atoms with E-state index in [0.29, 0.717) is 0 Å². The van der Waals surface area contributed by atoms with Crippen LogP contribution in [-0.2, 0) is 39.0 Å². The zero-order valence-electron chi connectivity index (χ0n) is 17.8. The van der Waals surface area contributed by atoms with Crippen molar-refractivity contribution in [1.29, 1.82) is 0 Å². The minimum Gasteiger partial charge on any atom is -0.164 e. The summed E-state index contributed by atoms with van der Waals surface area (Å²) in [5, 5.41) is 2.81. The molecule has 0 bridgehead atoms.